The molecular formula is C21H29N5O. The minimum atomic E-state index is -0.00782. The second kappa shape index (κ2) is 8.23. The van der Waals surface area contributed by atoms with Crippen LogP contribution in [0.15, 0.2) is 30.3 Å². The topological polar surface area (TPSA) is 53.4 Å². The average molecular weight is 367 g/mol. The highest BCUT2D eigenvalue weighted by molar-refractivity contribution is 5.92. The molecule has 6 heteroatoms. The molecule has 1 N–H and O–H groups in total. The van der Waals surface area contributed by atoms with E-state index in [-0.39, 0.29) is 5.91 Å². The molecule has 1 saturated heterocycles. The van der Waals surface area contributed by atoms with Crippen molar-refractivity contribution in [3.63, 3.8) is 0 Å². The van der Waals surface area contributed by atoms with Crippen LogP contribution < -0.4 is 5.32 Å². The van der Waals surface area contributed by atoms with Crippen LogP contribution in [0, 0.1) is 0 Å². The Morgan fingerprint density at radius 3 is 2.74 bits per heavy atom. The molecule has 2 aliphatic heterocycles. The van der Waals surface area contributed by atoms with Gasteiger partial charge in [-0.05, 0) is 56.1 Å². The van der Waals surface area contributed by atoms with Crippen molar-refractivity contribution in [1.82, 2.24) is 24.9 Å². The minimum absolute atomic E-state index is 0.00782. The van der Waals surface area contributed by atoms with E-state index in [9.17, 15) is 4.79 Å². The summed E-state index contributed by atoms with van der Waals surface area (Å²) in [7, 11) is 1.87. The van der Waals surface area contributed by atoms with E-state index in [2.05, 4.69) is 39.6 Å². The lowest BCUT2D eigenvalue weighted by Crippen LogP contribution is -2.28. The number of aryl methyl sites for hydroxylation is 1. The molecule has 6 nitrogen and oxygen atoms in total. The van der Waals surface area contributed by atoms with Gasteiger partial charge < -0.3 is 10.2 Å². The molecule has 2 aromatic rings. The van der Waals surface area contributed by atoms with E-state index in [0.717, 1.165) is 38.3 Å². The number of benzene rings is 1. The summed E-state index contributed by atoms with van der Waals surface area (Å²) in [5, 5.41) is 7.93. The van der Waals surface area contributed by atoms with Crippen molar-refractivity contribution in [2.75, 3.05) is 26.7 Å². The molecular weight excluding hydrogens is 338 g/mol. The summed E-state index contributed by atoms with van der Waals surface area (Å²) in [6.45, 7) is 6.60. The lowest BCUT2D eigenvalue weighted by molar-refractivity contribution is 0.0777. The van der Waals surface area contributed by atoms with E-state index >= 15 is 0 Å². The van der Waals surface area contributed by atoms with Crippen LogP contribution in [0.25, 0.3) is 0 Å². The summed E-state index contributed by atoms with van der Waals surface area (Å²) in [6.07, 6.45) is 3.63. The molecule has 0 radical (unpaired) electrons. The number of hydrogen-bond donors (Lipinski definition) is 1. The largest absolute Gasteiger partial charge is 0.336 e. The first-order chi connectivity index (χ1) is 13.2. The molecule has 0 saturated carbocycles. The molecule has 4 rings (SSSR count). The highest BCUT2D eigenvalue weighted by Crippen LogP contribution is 2.18. The third kappa shape index (κ3) is 4.22. The van der Waals surface area contributed by atoms with E-state index in [1.165, 1.54) is 37.1 Å². The van der Waals surface area contributed by atoms with Crippen molar-refractivity contribution in [3.8, 4) is 0 Å². The Bertz CT molecular complexity index is 770. The number of carbonyl (C=O) groups is 1. The smallest absolute Gasteiger partial charge is 0.274 e. The monoisotopic (exact) mass is 367 g/mol. The Morgan fingerprint density at radius 1 is 1.15 bits per heavy atom. The molecule has 0 atom stereocenters. The molecule has 1 aromatic carbocycles. The number of carbonyl (C=O) groups excluding carboxylic acids is 1. The van der Waals surface area contributed by atoms with Crippen LogP contribution in [-0.4, -0.2) is 52.2 Å². The fraction of sp³-hybridized carbons (Fsp3) is 0.524. The van der Waals surface area contributed by atoms with Gasteiger partial charge in [0, 0.05) is 33.2 Å². The third-order valence-corrected chi connectivity index (χ3v) is 5.58. The highest BCUT2D eigenvalue weighted by Gasteiger charge is 2.20. The van der Waals surface area contributed by atoms with Crippen LogP contribution in [0.1, 0.15) is 46.6 Å². The number of nitrogens with one attached hydrogen (secondary N) is 1. The average Bonchev–Trinajstić information content (AvgIpc) is 3.28. The number of rotatable bonds is 5. The zero-order valence-electron chi connectivity index (χ0n) is 16.2. The lowest BCUT2D eigenvalue weighted by atomic mass is 10.1. The number of amides is 1. The number of likely N-dealkylation sites (tertiary alicyclic amines) is 1. The van der Waals surface area contributed by atoms with Gasteiger partial charge >= 0.3 is 0 Å². The van der Waals surface area contributed by atoms with Gasteiger partial charge in [-0.3, -0.25) is 14.4 Å². The van der Waals surface area contributed by atoms with Gasteiger partial charge in [0.05, 0.1) is 5.69 Å². The van der Waals surface area contributed by atoms with Crippen LogP contribution in [0.3, 0.4) is 0 Å². The maximum Gasteiger partial charge on any atom is 0.274 e. The van der Waals surface area contributed by atoms with E-state index in [1.807, 2.05) is 17.8 Å². The summed E-state index contributed by atoms with van der Waals surface area (Å²) in [5.74, 6) is -0.00782. The predicted octanol–water partition coefficient (Wildman–Crippen LogP) is 2.24. The first-order valence-electron chi connectivity index (χ1n) is 10.0. The SMILES string of the molecule is CN(Cc1ccccc1CN1CCCC1)C(=O)c1cc2n(n1)CCCNC2. The van der Waals surface area contributed by atoms with E-state index < -0.39 is 0 Å². The summed E-state index contributed by atoms with van der Waals surface area (Å²) >= 11 is 0. The minimum Gasteiger partial charge on any atom is -0.336 e. The van der Waals surface area contributed by atoms with E-state index in [4.69, 9.17) is 0 Å². The van der Waals surface area contributed by atoms with Crippen molar-refractivity contribution in [2.24, 2.45) is 0 Å². The molecule has 0 aliphatic carbocycles. The number of fused-ring (bicyclic) bond motifs is 1. The van der Waals surface area contributed by atoms with Crippen molar-refractivity contribution in [1.29, 1.82) is 0 Å². The Morgan fingerprint density at radius 2 is 1.93 bits per heavy atom. The molecule has 1 fully saturated rings. The Balaban J connectivity index is 1.46. The molecule has 27 heavy (non-hydrogen) atoms. The third-order valence-electron chi connectivity index (χ3n) is 5.58. The second-order valence-electron chi connectivity index (χ2n) is 7.69. The van der Waals surface area contributed by atoms with Crippen molar-refractivity contribution >= 4 is 5.91 Å². The molecule has 1 amide bonds. The lowest BCUT2D eigenvalue weighted by Gasteiger charge is -2.21. The van der Waals surface area contributed by atoms with Gasteiger partial charge in [0.15, 0.2) is 5.69 Å². The van der Waals surface area contributed by atoms with Crippen LogP contribution in [0.2, 0.25) is 0 Å². The number of aromatic nitrogens is 2. The molecule has 0 bridgehead atoms. The van der Waals surface area contributed by atoms with E-state index in [1.54, 1.807) is 4.90 Å². The fourth-order valence-electron chi connectivity index (χ4n) is 4.04. The Kier molecular flexibility index (Phi) is 5.55. The highest BCUT2D eigenvalue weighted by atomic mass is 16.2. The molecule has 0 unspecified atom stereocenters. The molecule has 0 spiro atoms. The van der Waals surface area contributed by atoms with Crippen LogP contribution >= 0.6 is 0 Å². The van der Waals surface area contributed by atoms with Crippen LogP contribution in [0.5, 0.6) is 0 Å². The molecule has 1 aromatic heterocycles. The van der Waals surface area contributed by atoms with E-state index in [0.29, 0.717) is 12.2 Å². The Hall–Kier alpha value is -2.18. The van der Waals surface area contributed by atoms with Gasteiger partial charge in [-0.2, -0.15) is 5.10 Å². The van der Waals surface area contributed by atoms with Crippen molar-refractivity contribution in [3.05, 3.63) is 52.8 Å². The zero-order chi connectivity index (χ0) is 18.6. The summed E-state index contributed by atoms with van der Waals surface area (Å²) in [6, 6.07) is 10.4. The first kappa shape index (κ1) is 18.2. The summed E-state index contributed by atoms with van der Waals surface area (Å²) in [5.41, 5.74) is 4.19. The van der Waals surface area contributed by atoms with Crippen molar-refractivity contribution < 1.29 is 4.79 Å². The van der Waals surface area contributed by atoms with Crippen LogP contribution in [0.4, 0.5) is 0 Å². The van der Waals surface area contributed by atoms with Gasteiger partial charge in [0.1, 0.15) is 0 Å². The Labute approximate surface area is 161 Å². The quantitative estimate of drug-likeness (QED) is 0.881. The van der Waals surface area contributed by atoms with Crippen molar-refractivity contribution in [2.45, 2.75) is 45.4 Å². The first-order valence-corrected chi connectivity index (χ1v) is 10.0. The van der Waals surface area contributed by atoms with Gasteiger partial charge in [0.2, 0.25) is 0 Å². The van der Waals surface area contributed by atoms with Gasteiger partial charge in [-0.1, -0.05) is 24.3 Å². The standard InChI is InChI=1S/C21H29N5O/c1-24(21(27)20-13-19-14-22-9-6-12-26(19)23-20)15-17-7-2-3-8-18(17)16-25-10-4-5-11-25/h2-3,7-8,13,22H,4-6,9-12,14-16H2,1H3. The summed E-state index contributed by atoms with van der Waals surface area (Å²) < 4.78 is 1.97. The summed E-state index contributed by atoms with van der Waals surface area (Å²) in [4.78, 5) is 17.2. The maximum atomic E-state index is 12.9. The van der Waals surface area contributed by atoms with Gasteiger partial charge in [0.25, 0.3) is 5.91 Å². The maximum absolute atomic E-state index is 12.9. The van der Waals surface area contributed by atoms with Gasteiger partial charge in [-0.15, -0.1) is 0 Å². The number of hydrogen-bond acceptors (Lipinski definition) is 4. The predicted molar refractivity (Wildman–Crippen MR) is 105 cm³/mol. The van der Waals surface area contributed by atoms with Gasteiger partial charge in [-0.25, -0.2) is 0 Å². The fourth-order valence-corrected chi connectivity index (χ4v) is 4.04. The normalized spacial score (nSPS) is 17.5. The molecule has 3 heterocycles. The molecule has 144 valence electrons. The van der Waals surface area contributed by atoms with Crippen LogP contribution in [-0.2, 0) is 26.2 Å². The number of nitrogens with zero attached hydrogens (tertiary/aromatic N) is 4. The zero-order valence-corrected chi connectivity index (χ0v) is 16.2. The second-order valence-corrected chi connectivity index (χ2v) is 7.69. The molecule has 2 aliphatic rings.